The maximum atomic E-state index is 12.4. The highest BCUT2D eigenvalue weighted by atomic mass is 127. The van der Waals surface area contributed by atoms with Gasteiger partial charge in [-0.15, -0.1) is 0 Å². The van der Waals surface area contributed by atoms with Gasteiger partial charge in [0.2, 0.25) is 0 Å². The molecule has 3 N–H and O–H groups in total. The molecule has 2 amide bonds. The van der Waals surface area contributed by atoms with Crippen molar-refractivity contribution in [1.82, 2.24) is 16.2 Å². The van der Waals surface area contributed by atoms with Crippen LogP contribution in [0.25, 0.3) is 0 Å². The topological polar surface area (TPSA) is 97.9 Å². The number of hydrogen-bond donors (Lipinski definition) is 3. The van der Waals surface area contributed by atoms with Crippen LogP contribution in [0.1, 0.15) is 20.7 Å². The molecule has 0 aliphatic heterocycles. The number of amides is 2. The first kappa shape index (κ1) is 24.3. The molecule has 0 atom stereocenters. The summed E-state index contributed by atoms with van der Waals surface area (Å²) in [5.74, 6) is 0.409. The van der Waals surface area contributed by atoms with Crippen molar-refractivity contribution in [3.05, 3.63) is 55.6 Å². The molecule has 0 fully saturated rings. The van der Waals surface area contributed by atoms with E-state index in [2.05, 4.69) is 54.7 Å². The Morgan fingerprint density at radius 1 is 1.00 bits per heavy atom. The normalized spacial score (nSPS) is 10.1. The molecule has 0 aromatic heterocycles. The first-order chi connectivity index (χ1) is 14.3. The number of hydrogen-bond acceptors (Lipinski definition) is 6. The van der Waals surface area contributed by atoms with Crippen LogP contribution in [0.2, 0.25) is 0 Å². The summed E-state index contributed by atoms with van der Waals surface area (Å²) in [6, 6.07) is 9.86. The number of carbonyl (C=O) groups excluding carboxylic acids is 2. The lowest BCUT2D eigenvalue weighted by atomic mass is 10.2. The first-order valence-corrected chi connectivity index (χ1v) is 10.8. The van der Waals surface area contributed by atoms with Crippen LogP contribution in [0.5, 0.6) is 11.5 Å². The van der Waals surface area contributed by atoms with Crippen LogP contribution >= 0.6 is 50.7 Å². The van der Waals surface area contributed by atoms with Crippen LogP contribution in [0, 0.1) is 3.57 Å². The highest BCUT2D eigenvalue weighted by Gasteiger charge is 2.13. The van der Waals surface area contributed by atoms with Crippen LogP contribution in [0.4, 0.5) is 0 Å². The molecule has 0 spiro atoms. The van der Waals surface area contributed by atoms with E-state index in [1.165, 1.54) is 0 Å². The Hall–Kier alpha value is -1.96. The van der Waals surface area contributed by atoms with E-state index < -0.39 is 11.8 Å². The van der Waals surface area contributed by atoms with E-state index in [0.717, 1.165) is 3.57 Å². The van der Waals surface area contributed by atoms with Gasteiger partial charge in [-0.05, 0) is 87.1 Å². The van der Waals surface area contributed by atoms with Crippen molar-refractivity contribution in [3.63, 3.8) is 0 Å². The van der Waals surface area contributed by atoms with E-state index in [1.54, 1.807) is 50.6 Å². The quantitative estimate of drug-likeness (QED) is 0.193. The summed E-state index contributed by atoms with van der Waals surface area (Å²) in [5, 5.41) is 2.45. The molecule has 0 radical (unpaired) electrons. The molecule has 0 aliphatic rings. The number of hydrazine groups is 1. The molecule has 160 valence electrons. The van der Waals surface area contributed by atoms with E-state index in [-0.39, 0.29) is 5.11 Å². The summed E-state index contributed by atoms with van der Waals surface area (Å²) < 4.78 is 17.0. The number of halogens is 2. The fraction of sp³-hybridized carbons (Fsp3) is 0.211. The maximum Gasteiger partial charge on any atom is 0.269 e. The number of rotatable bonds is 7. The second kappa shape index (κ2) is 12.0. The molecule has 0 unspecified atom stereocenters. The van der Waals surface area contributed by atoms with Gasteiger partial charge in [-0.2, -0.15) is 0 Å². The Kier molecular flexibility index (Phi) is 9.75. The van der Waals surface area contributed by atoms with Gasteiger partial charge in [-0.3, -0.25) is 25.8 Å². The Labute approximate surface area is 201 Å². The van der Waals surface area contributed by atoms with Gasteiger partial charge < -0.3 is 14.2 Å². The lowest BCUT2D eigenvalue weighted by Gasteiger charge is -2.12. The molecular weight excluding hydrogens is 589 g/mol. The molecule has 30 heavy (non-hydrogen) atoms. The molecule has 0 saturated heterocycles. The van der Waals surface area contributed by atoms with Crippen LogP contribution in [0.15, 0.2) is 40.9 Å². The molecular formula is C19H19BrIN3O5S. The van der Waals surface area contributed by atoms with Crippen molar-refractivity contribution < 1.29 is 23.8 Å². The monoisotopic (exact) mass is 607 g/mol. The van der Waals surface area contributed by atoms with Crippen molar-refractivity contribution >= 4 is 67.7 Å². The number of thiocarbonyl (C=S) groups is 1. The predicted molar refractivity (Wildman–Crippen MR) is 128 cm³/mol. The second-order valence-corrected chi connectivity index (χ2v) is 8.12. The highest BCUT2D eigenvalue weighted by molar-refractivity contribution is 14.1. The van der Waals surface area contributed by atoms with Gasteiger partial charge in [0.1, 0.15) is 18.1 Å². The number of carbonyl (C=O) groups is 2. The molecule has 2 aromatic carbocycles. The SMILES string of the molecule is COCCOc1ccc(C(=O)NC(=S)NNC(=O)c2ccc(OC)c(I)c2)cc1Br. The van der Waals surface area contributed by atoms with E-state index in [4.69, 9.17) is 26.4 Å². The smallest absolute Gasteiger partial charge is 0.269 e. The Bertz CT molecular complexity index is 944. The van der Waals surface area contributed by atoms with Crippen LogP contribution < -0.4 is 25.6 Å². The van der Waals surface area contributed by atoms with Gasteiger partial charge in [0.05, 0.1) is 21.8 Å². The number of ether oxygens (including phenoxy) is 3. The average molecular weight is 608 g/mol. The van der Waals surface area contributed by atoms with Gasteiger partial charge in [0.25, 0.3) is 11.8 Å². The molecule has 0 bridgehead atoms. The van der Waals surface area contributed by atoms with E-state index >= 15 is 0 Å². The Morgan fingerprint density at radius 3 is 2.27 bits per heavy atom. The summed E-state index contributed by atoms with van der Waals surface area (Å²) in [7, 11) is 3.14. The van der Waals surface area contributed by atoms with Crippen LogP contribution in [-0.2, 0) is 4.74 Å². The molecule has 0 heterocycles. The van der Waals surface area contributed by atoms with Crippen molar-refractivity contribution in [2.24, 2.45) is 0 Å². The Balaban J connectivity index is 1.88. The van der Waals surface area contributed by atoms with Gasteiger partial charge in [0, 0.05) is 18.2 Å². The van der Waals surface area contributed by atoms with E-state index in [0.29, 0.717) is 40.3 Å². The third-order valence-corrected chi connectivity index (χ3v) is 5.34. The van der Waals surface area contributed by atoms with E-state index in [9.17, 15) is 9.59 Å². The molecule has 11 heteroatoms. The highest BCUT2D eigenvalue weighted by Crippen LogP contribution is 2.26. The molecule has 2 rings (SSSR count). The number of benzene rings is 2. The second-order valence-electron chi connectivity index (χ2n) is 5.70. The molecule has 0 aliphatic carbocycles. The van der Waals surface area contributed by atoms with Gasteiger partial charge in [0.15, 0.2) is 5.11 Å². The zero-order chi connectivity index (χ0) is 22.1. The van der Waals surface area contributed by atoms with Crippen LogP contribution in [-0.4, -0.2) is 44.4 Å². The maximum absolute atomic E-state index is 12.4. The minimum absolute atomic E-state index is 0.0481. The molecule has 0 saturated carbocycles. The largest absolute Gasteiger partial charge is 0.496 e. The summed E-state index contributed by atoms with van der Waals surface area (Å²) in [4.78, 5) is 24.6. The van der Waals surface area contributed by atoms with Gasteiger partial charge in [-0.1, -0.05) is 0 Å². The lowest BCUT2D eigenvalue weighted by Crippen LogP contribution is -2.48. The van der Waals surface area contributed by atoms with E-state index in [1.807, 2.05) is 0 Å². The third-order valence-electron chi connectivity index (χ3n) is 3.67. The van der Waals surface area contributed by atoms with Crippen molar-refractivity contribution in [2.45, 2.75) is 0 Å². The van der Waals surface area contributed by atoms with Crippen molar-refractivity contribution in [3.8, 4) is 11.5 Å². The average Bonchev–Trinajstić information content (AvgIpc) is 2.73. The van der Waals surface area contributed by atoms with Crippen LogP contribution in [0.3, 0.4) is 0 Å². The zero-order valence-electron chi connectivity index (χ0n) is 16.1. The van der Waals surface area contributed by atoms with Crippen molar-refractivity contribution in [2.75, 3.05) is 27.4 Å². The standard InChI is InChI=1S/C19H19BrIN3O5S/c1-27-7-8-29-15-5-3-11(9-13(15)20)17(25)22-19(30)24-23-18(26)12-4-6-16(28-2)14(21)10-12/h3-6,9-10H,7-8H2,1-2H3,(H,23,26)(H2,22,24,25,30). The number of methoxy groups -OCH3 is 2. The fourth-order valence-electron chi connectivity index (χ4n) is 2.19. The lowest BCUT2D eigenvalue weighted by molar-refractivity contribution is 0.0934. The minimum Gasteiger partial charge on any atom is -0.496 e. The summed E-state index contributed by atoms with van der Waals surface area (Å²) in [6.07, 6.45) is 0. The molecule has 8 nitrogen and oxygen atoms in total. The first-order valence-electron chi connectivity index (χ1n) is 8.52. The summed E-state index contributed by atoms with van der Waals surface area (Å²) in [6.45, 7) is 0.845. The summed E-state index contributed by atoms with van der Waals surface area (Å²) >= 11 is 10.5. The predicted octanol–water partition coefficient (Wildman–Crippen LogP) is 3.04. The van der Waals surface area contributed by atoms with Gasteiger partial charge >= 0.3 is 0 Å². The minimum atomic E-state index is -0.440. The molecule has 2 aromatic rings. The summed E-state index contributed by atoms with van der Waals surface area (Å²) in [5.41, 5.74) is 5.72. The Morgan fingerprint density at radius 2 is 1.67 bits per heavy atom. The zero-order valence-corrected chi connectivity index (χ0v) is 20.6. The third kappa shape index (κ3) is 7.07. The van der Waals surface area contributed by atoms with Gasteiger partial charge in [-0.25, -0.2) is 0 Å². The fourth-order valence-corrected chi connectivity index (χ4v) is 3.57. The van der Waals surface area contributed by atoms with Crippen molar-refractivity contribution in [1.29, 1.82) is 0 Å². The number of nitrogens with one attached hydrogen (secondary N) is 3.